The van der Waals surface area contributed by atoms with Crippen molar-refractivity contribution in [3.63, 3.8) is 0 Å². The smallest absolute Gasteiger partial charge is 0.307 e. The number of nitro groups is 1. The topological polar surface area (TPSA) is 119 Å². The molecule has 9 nitrogen and oxygen atoms in total. The highest BCUT2D eigenvalue weighted by atomic mass is 16.6. The van der Waals surface area contributed by atoms with Gasteiger partial charge in [-0.05, 0) is 19.4 Å². The van der Waals surface area contributed by atoms with Gasteiger partial charge < -0.3 is 15.0 Å². The quantitative estimate of drug-likeness (QED) is 0.291. The van der Waals surface area contributed by atoms with Crippen LogP contribution in [0.1, 0.15) is 37.0 Å². The Morgan fingerprint density at radius 1 is 1.27 bits per heavy atom. The second kappa shape index (κ2) is 10.8. The van der Waals surface area contributed by atoms with Crippen LogP contribution >= 0.6 is 0 Å². The number of hydrogen-bond acceptors (Lipinski definition) is 6. The van der Waals surface area contributed by atoms with Crippen LogP contribution in [0.3, 0.4) is 0 Å². The van der Waals surface area contributed by atoms with E-state index in [1.807, 2.05) is 0 Å². The molecule has 0 spiro atoms. The number of benzene rings is 1. The third-order valence-electron chi connectivity index (χ3n) is 3.46. The average molecular weight is 365 g/mol. The van der Waals surface area contributed by atoms with E-state index in [9.17, 15) is 24.5 Å². The summed E-state index contributed by atoms with van der Waals surface area (Å²) in [5.41, 5.74) is -0.0120. The molecule has 1 aromatic carbocycles. The Balaban J connectivity index is 2.81. The molecule has 9 heteroatoms. The van der Waals surface area contributed by atoms with E-state index < -0.39 is 16.8 Å². The predicted octanol–water partition coefficient (Wildman–Crippen LogP) is 1.52. The van der Waals surface area contributed by atoms with Gasteiger partial charge in [-0.2, -0.15) is 0 Å². The summed E-state index contributed by atoms with van der Waals surface area (Å²) in [5.74, 6) is -1.01. The molecule has 26 heavy (non-hydrogen) atoms. The van der Waals surface area contributed by atoms with Gasteiger partial charge in [0.2, 0.25) is 5.91 Å². The van der Waals surface area contributed by atoms with Crippen molar-refractivity contribution in [3.05, 3.63) is 39.9 Å². The Hall–Kier alpha value is -2.97. The number of rotatable bonds is 10. The zero-order chi connectivity index (χ0) is 19.5. The highest BCUT2D eigenvalue weighted by molar-refractivity contribution is 5.95. The predicted molar refractivity (Wildman–Crippen MR) is 93.6 cm³/mol. The van der Waals surface area contributed by atoms with Gasteiger partial charge >= 0.3 is 5.97 Å². The zero-order valence-electron chi connectivity index (χ0n) is 14.9. The standard InChI is InChI=1S/C17H23N3O6/c1-3-26-16(22)8-11-19(10-5-9-18-13(2)21)17(23)14-6-4-7-15(12-14)20(24)25/h4,6-7,12H,3,5,8-11H2,1-2H3,(H,18,21). The fourth-order valence-electron chi connectivity index (χ4n) is 2.24. The summed E-state index contributed by atoms with van der Waals surface area (Å²) >= 11 is 0. The number of nitrogens with zero attached hydrogens (tertiary/aromatic N) is 2. The van der Waals surface area contributed by atoms with Crippen LogP contribution in [0.5, 0.6) is 0 Å². The van der Waals surface area contributed by atoms with Gasteiger partial charge in [0.05, 0.1) is 18.0 Å². The molecule has 0 aliphatic carbocycles. The lowest BCUT2D eigenvalue weighted by atomic mass is 10.1. The number of carbonyl (C=O) groups is 3. The second-order valence-electron chi connectivity index (χ2n) is 5.49. The van der Waals surface area contributed by atoms with E-state index in [1.165, 1.54) is 36.1 Å². The van der Waals surface area contributed by atoms with Crippen molar-refractivity contribution >= 4 is 23.5 Å². The lowest BCUT2D eigenvalue weighted by molar-refractivity contribution is -0.384. The van der Waals surface area contributed by atoms with Crippen molar-refractivity contribution in [3.8, 4) is 0 Å². The van der Waals surface area contributed by atoms with Crippen molar-refractivity contribution in [2.24, 2.45) is 0 Å². The summed E-state index contributed by atoms with van der Waals surface area (Å²) in [6, 6.07) is 5.43. The van der Waals surface area contributed by atoms with E-state index in [4.69, 9.17) is 4.74 Å². The summed E-state index contributed by atoms with van der Waals surface area (Å²) in [6.07, 6.45) is 0.512. The van der Waals surface area contributed by atoms with Crippen molar-refractivity contribution in [2.75, 3.05) is 26.2 Å². The molecule has 1 rings (SSSR count). The van der Waals surface area contributed by atoms with E-state index in [-0.39, 0.29) is 36.7 Å². The molecule has 0 saturated heterocycles. The molecule has 0 atom stereocenters. The van der Waals surface area contributed by atoms with Gasteiger partial charge in [-0.3, -0.25) is 24.5 Å². The van der Waals surface area contributed by atoms with Gasteiger partial charge in [-0.15, -0.1) is 0 Å². The molecule has 0 radical (unpaired) electrons. The van der Waals surface area contributed by atoms with Crippen LogP contribution in [0.2, 0.25) is 0 Å². The van der Waals surface area contributed by atoms with E-state index in [2.05, 4.69) is 5.32 Å². The molecule has 0 bridgehead atoms. The minimum Gasteiger partial charge on any atom is -0.466 e. The number of carbonyl (C=O) groups excluding carboxylic acids is 3. The SMILES string of the molecule is CCOC(=O)CCN(CCCNC(C)=O)C(=O)c1cccc([N+](=O)[O-])c1. The Bertz CT molecular complexity index is 662. The maximum absolute atomic E-state index is 12.7. The first-order valence-corrected chi connectivity index (χ1v) is 8.29. The van der Waals surface area contributed by atoms with Crippen LogP contribution in [0, 0.1) is 10.1 Å². The van der Waals surface area contributed by atoms with Gasteiger partial charge in [0.1, 0.15) is 0 Å². The minimum atomic E-state index is -0.573. The third kappa shape index (κ3) is 7.29. The van der Waals surface area contributed by atoms with Crippen molar-refractivity contribution in [1.29, 1.82) is 0 Å². The fourth-order valence-corrected chi connectivity index (χ4v) is 2.24. The highest BCUT2D eigenvalue weighted by Gasteiger charge is 2.19. The van der Waals surface area contributed by atoms with Gasteiger partial charge in [-0.1, -0.05) is 6.07 Å². The lowest BCUT2D eigenvalue weighted by Crippen LogP contribution is -2.36. The summed E-state index contributed by atoms with van der Waals surface area (Å²) < 4.78 is 4.86. The van der Waals surface area contributed by atoms with E-state index in [1.54, 1.807) is 6.92 Å². The third-order valence-corrected chi connectivity index (χ3v) is 3.46. The number of ether oxygens (including phenoxy) is 1. The van der Waals surface area contributed by atoms with Gasteiger partial charge in [-0.25, -0.2) is 0 Å². The van der Waals surface area contributed by atoms with Gasteiger partial charge in [0.25, 0.3) is 11.6 Å². The number of nitrogens with one attached hydrogen (secondary N) is 1. The normalized spacial score (nSPS) is 10.1. The molecule has 0 saturated carbocycles. The van der Waals surface area contributed by atoms with Crippen LogP contribution < -0.4 is 5.32 Å². The second-order valence-corrected chi connectivity index (χ2v) is 5.49. The van der Waals surface area contributed by atoms with E-state index >= 15 is 0 Å². The molecule has 0 aliphatic rings. The molecule has 1 N–H and O–H groups in total. The Kier molecular flexibility index (Phi) is 8.76. The molecule has 0 heterocycles. The maximum atomic E-state index is 12.7. The van der Waals surface area contributed by atoms with Crippen molar-refractivity contribution in [1.82, 2.24) is 10.2 Å². The fraction of sp³-hybridized carbons (Fsp3) is 0.471. The molecule has 0 fully saturated rings. The molecule has 0 aliphatic heterocycles. The Labute approximate surface area is 151 Å². The first kappa shape index (κ1) is 21.1. The number of amides is 2. The van der Waals surface area contributed by atoms with Crippen LogP contribution in [-0.2, 0) is 14.3 Å². The van der Waals surface area contributed by atoms with Gasteiger partial charge in [0.15, 0.2) is 0 Å². The Morgan fingerprint density at radius 2 is 2.00 bits per heavy atom. The van der Waals surface area contributed by atoms with E-state index in [0.29, 0.717) is 19.5 Å². The van der Waals surface area contributed by atoms with Crippen LogP contribution in [0.15, 0.2) is 24.3 Å². The van der Waals surface area contributed by atoms with Crippen LogP contribution in [0.25, 0.3) is 0 Å². The highest BCUT2D eigenvalue weighted by Crippen LogP contribution is 2.15. The summed E-state index contributed by atoms with van der Waals surface area (Å²) in [7, 11) is 0. The Morgan fingerprint density at radius 3 is 2.62 bits per heavy atom. The molecular formula is C17H23N3O6. The number of nitro benzene ring substituents is 1. The summed E-state index contributed by atoms with van der Waals surface area (Å²) in [6.45, 7) is 4.14. The minimum absolute atomic E-state index is 0.0225. The van der Waals surface area contributed by atoms with Crippen molar-refractivity contribution in [2.45, 2.75) is 26.7 Å². The van der Waals surface area contributed by atoms with Crippen LogP contribution in [-0.4, -0.2) is 53.8 Å². The maximum Gasteiger partial charge on any atom is 0.307 e. The van der Waals surface area contributed by atoms with E-state index in [0.717, 1.165) is 0 Å². The van der Waals surface area contributed by atoms with Crippen molar-refractivity contribution < 1.29 is 24.0 Å². The molecule has 0 unspecified atom stereocenters. The molecule has 142 valence electrons. The zero-order valence-corrected chi connectivity index (χ0v) is 14.9. The number of hydrogen-bond donors (Lipinski definition) is 1. The summed E-state index contributed by atoms with van der Waals surface area (Å²) in [5, 5.41) is 13.5. The molecule has 1 aromatic rings. The number of non-ortho nitro benzene ring substituents is 1. The van der Waals surface area contributed by atoms with Crippen LogP contribution in [0.4, 0.5) is 5.69 Å². The molecular weight excluding hydrogens is 342 g/mol. The first-order chi connectivity index (χ1) is 12.3. The number of esters is 1. The average Bonchev–Trinajstić information content (AvgIpc) is 2.60. The summed E-state index contributed by atoms with van der Waals surface area (Å²) in [4.78, 5) is 46.9. The monoisotopic (exact) mass is 365 g/mol. The molecule has 0 aromatic heterocycles. The first-order valence-electron chi connectivity index (χ1n) is 8.29. The lowest BCUT2D eigenvalue weighted by Gasteiger charge is -2.22. The largest absolute Gasteiger partial charge is 0.466 e. The molecule has 2 amide bonds. The van der Waals surface area contributed by atoms with Gasteiger partial charge in [0, 0.05) is 44.3 Å².